The van der Waals surface area contributed by atoms with Crippen LogP contribution in [-0.4, -0.2) is 38.5 Å². The average Bonchev–Trinajstić information content (AvgIpc) is 3.67. The molecule has 1 fully saturated rings. The number of benzene rings is 4. The van der Waals surface area contributed by atoms with Crippen molar-refractivity contribution < 1.29 is 33.2 Å². The third-order valence-electron chi connectivity index (χ3n) is 8.28. The van der Waals surface area contributed by atoms with Gasteiger partial charge in [0.25, 0.3) is 5.69 Å². The maximum absolute atomic E-state index is 14.8. The number of nitrogens with zero attached hydrogens (tertiary/aromatic N) is 2. The molecule has 1 aromatic heterocycles. The van der Waals surface area contributed by atoms with Crippen LogP contribution in [0.2, 0.25) is 0 Å². The number of non-ortho nitro benzene ring substituents is 1. The summed E-state index contributed by atoms with van der Waals surface area (Å²) in [5, 5.41) is 12.7. The molecule has 6 rings (SSSR count). The van der Waals surface area contributed by atoms with Gasteiger partial charge in [-0.2, -0.15) is 12.6 Å². The van der Waals surface area contributed by atoms with Crippen molar-refractivity contribution in [3.63, 3.8) is 0 Å². The summed E-state index contributed by atoms with van der Waals surface area (Å²) in [4.78, 5) is 53.6. The molecule has 0 aliphatic carbocycles. The van der Waals surface area contributed by atoms with Crippen LogP contribution >= 0.6 is 19.5 Å². The summed E-state index contributed by atoms with van der Waals surface area (Å²) < 4.78 is 16.9. The van der Waals surface area contributed by atoms with E-state index in [0.717, 1.165) is 15.9 Å². The molecular weight excluding hydrogens is 663 g/mol. The maximum Gasteiger partial charge on any atom is 0.356 e. The van der Waals surface area contributed by atoms with Crippen LogP contribution in [-0.2, 0) is 30.5 Å². The number of thiol groups is 1. The fourth-order valence-corrected chi connectivity index (χ4v) is 11.0. The number of ether oxygens (including phenoxy) is 2. The molecule has 0 N–H and O–H groups in total. The zero-order chi connectivity index (χ0) is 34.5. The summed E-state index contributed by atoms with van der Waals surface area (Å²) >= 11 is 4.91. The molecule has 3 unspecified atom stereocenters. The molecule has 1 aliphatic rings. The normalized spacial score (nSPS) is 16.3. The summed E-state index contributed by atoms with van der Waals surface area (Å²) in [6.45, 7) is -2.18. The number of hydrogen-bond donors (Lipinski definition) is 1. The van der Waals surface area contributed by atoms with Crippen LogP contribution in [0, 0.1) is 16.0 Å². The molecule has 1 saturated heterocycles. The Morgan fingerprint density at radius 3 is 1.84 bits per heavy atom. The van der Waals surface area contributed by atoms with Gasteiger partial charge < -0.3 is 13.9 Å². The highest BCUT2D eigenvalue weighted by Gasteiger charge is 2.56. The lowest BCUT2D eigenvalue weighted by Gasteiger charge is -2.49. The van der Waals surface area contributed by atoms with Crippen LogP contribution in [0.5, 0.6) is 0 Å². The molecule has 4 aromatic carbocycles. The number of nitro groups is 1. The van der Waals surface area contributed by atoms with Crippen molar-refractivity contribution in [1.82, 2.24) is 4.90 Å². The topological polar surface area (TPSA) is 129 Å². The van der Waals surface area contributed by atoms with Gasteiger partial charge in [0.05, 0.1) is 22.8 Å². The van der Waals surface area contributed by atoms with Gasteiger partial charge in [-0.15, -0.1) is 0 Å². The van der Waals surface area contributed by atoms with Gasteiger partial charge in [0, 0.05) is 31.5 Å². The van der Waals surface area contributed by atoms with E-state index in [-0.39, 0.29) is 17.7 Å². The lowest BCUT2D eigenvalue weighted by Crippen LogP contribution is -2.65. The second-order valence-electron chi connectivity index (χ2n) is 11.2. The molecule has 10 nitrogen and oxygen atoms in total. The smallest absolute Gasteiger partial charge is 0.356 e. The molecule has 12 heteroatoms. The van der Waals surface area contributed by atoms with Gasteiger partial charge in [0.2, 0.25) is 5.91 Å². The van der Waals surface area contributed by atoms with Gasteiger partial charge in [-0.1, -0.05) is 91.0 Å². The number of furan rings is 1. The highest BCUT2D eigenvalue weighted by atomic mass is 32.1. The highest BCUT2D eigenvalue weighted by Crippen LogP contribution is 2.51. The standard InChI is InChI=1S/C37H31N2O8PS/c1-25(40)47-33(27-21-22-45-24-27)32-34(41)38(36(32)49)35(37(42)46-23-26-17-19-28(20-18-26)39(43)44)48(29-11-5-2-6-12-29,30-13-7-3-8-14-30)31-15-9-4-10-16-31/h2-22,24,32-33,36,49H,23H2,1H3. The van der Waals surface area contributed by atoms with Crippen LogP contribution in [0.4, 0.5) is 5.69 Å². The van der Waals surface area contributed by atoms with Gasteiger partial charge >= 0.3 is 11.9 Å². The zero-order valence-electron chi connectivity index (χ0n) is 26.2. The van der Waals surface area contributed by atoms with Crippen molar-refractivity contribution in [3.8, 4) is 0 Å². The summed E-state index contributed by atoms with van der Waals surface area (Å²) in [5.41, 5.74) is 0.990. The van der Waals surface area contributed by atoms with Gasteiger partial charge in [-0.25, -0.2) is 4.79 Å². The van der Waals surface area contributed by atoms with Crippen LogP contribution in [0.1, 0.15) is 24.2 Å². The van der Waals surface area contributed by atoms with Crippen molar-refractivity contribution in [3.05, 3.63) is 155 Å². The number of carbonyl (C=O) groups is 3. The van der Waals surface area contributed by atoms with Gasteiger partial charge in [0.1, 0.15) is 24.0 Å². The molecule has 0 spiro atoms. The number of hydrogen-bond acceptors (Lipinski definition) is 9. The van der Waals surface area contributed by atoms with Crippen LogP contribution in [0.15, 0.2) is 138 Å². The van der Waals surface area contributed by atoms with Crippen molar-refractivity contribution in [2.24, 2.45) is 5.92 Å². The molecule has 0 radical (unpaired) electrons. The molecular formula is C37H31N2O8PS. The van der Waals surface area contributed by atoms with E-state index in [0.29, 0.717) is 11.1 Å². The highest BCUT2D eigenvalue weighted by molar-refractivity contribution is 7.96. The third kappa shape index (κ3) is 6.42. The first-order valence-corrected chi connectivity index (χ1v) is 17.6. The number of β-lactam (4-membered cyclic amide) rings is 1. The lowest BCUT2D eigenvalue weighted by molar-refractivity contribution is -0.384. The van der Waals surface area contributed by atoms with Gasteiger partial charge in [-0.3, -0.25) is 24.6 Å². The van der Waals surface area contributed by atoms with Crippen molar-refractivity contribution in [2.75, 3.05) is 0 Å². The van der Waals surface area contributed by atoms with E-state index in [1.165, 1.54) is 48.6 Å². The first kappa shape index (κ1) is 33.5. The fourth-order valence-electron chi connectivity index (χ4n) is 6.07. The maximum atomic E-state index is 14.8. The largest absolute Gasteiger partial charge is 0.472 e. The SMILES string of the molecule is CC(=O)OC(c1ccoc1)C1C(=O)N(C(C(=O)OCc2ccc([N+](=O)[O-])cc2)=P(c2ccccc2)(c2ccccc2)c2ccccc2)C1S. The number of likely N-dealkylation sites (tertiary alicyclic amines) is 1. The Bertz CT molecular complexity index is 1920. The van der Waals surface area contributed by atoms with Crippen LogP contribution < -0.4 is 15.9 Å². The first-order valence-electron chi connectivity index (χ1n) is 15.3. The third-order valence-corrected chi connectivity index (χ3v) is 13.1. The van der Waals surface area contributed by atoms with E-state index in [9.17, 15) is 24.5 Å². The van der Waals surface area contributed by atoms with Crippen molar-refractivity contribution in [2.45, 2.75) is 25.0 Å². The minimum absolute atomic E-state index is 0.0908. The number of nitro benzene ring substituents is 1. The summed E-state index contributed by atoms with van der Waals surface area (Å²) in [6.07, 6.45) is 1.81. The second-order valence-corrected chi connectivity index (χ2v) is 15.1. The van der Waals surface area contributed by atoms with E-state index in [2.05, 4.69) is 0 Å². The molecule has 2 heterocycles. The number of carbonyl (C=O) groups excluding carboxylic acids is 3. The molecule has 248 valence electrons. The quantitative estimate of drug-likeness (QED) is 0.0488. The van der Waals surface area contributed by atoms with E-state index in [1.807, 2.05) is 91.0 Å². The van der Waals surface area contributed by atoms with Crippen LogP contribution in [0.25, 0.3) is 0 Å². The first-order chi connectivity index (χ1) is 23.7. The molecule has 1 aliphatic heterocycles. The zero-order valence-corrected chi connectivity index (χ0v) is 28.0. The predicted octanol–water partition coefficient (Wildman–Crippen LogP) is 5.37. The summed E-state index contributed by atoms with van der Waals surface area (Å²) in [7, 11) is 0. The van der Waals surface area contributed by atoms with E-state index in [1.54, 1.807) is 6.07 Å². The minimum Gasteiger partial charge on any atom is -0.472 e. The van der Waals surface area contributed by atoms with Crippen molar-refractivity contribution in [1.29, 1.82) is 0 Å². The Morgan fingerprint density at radius 2 is 1.41 bits per heavy atom. The Hall–Kier alpha value is -5.38. The van der Waals surface area contributed by atoms with E-state index in [4.69, 9.17) is 26.5 Å². The Morgan fingerprint density at radius 1 is 0.878 bits per heavy atom. The number of esters is 2. The Kier molecular flexibility index (Phi) is 9.85. The molecule has 1 amide bonds. The van der Waals surface area contributed by atoms with Gasteiger partial charge in [0.15, 0.2) is 0 Å². The summed E-state index contributed by atoms with van der Waals surface area (Å²) in [6, 6.07) is 35.8. The lowest BCUT2D eigenvalue weighted by atomic mass is 9.88. The van der Waals surface area contributed by atoms with E-state index < -0.39 is 47.1 Å². The second kappa shape index (κ2) is 14.4. The summed E-state index contributed by atoms with van der Waals surface area (Å²) in [5.74, 6) is -2.79. The fraction of sp³-hybridized carbons (Fsp3) is 0.135. The predicted molar refractivity (Wildman–Crippen MR) is 189 cm³/mol. The van der Waals surface area contributed by atoms with E-state index >= 15 is 0 Å². The van der Waals surface area contributed by atoms with Gasteiger partial charge in [-0.05, 0) is 39.7 Å². The monoisotopic (exact) mass is 694 g/mol. The van der Waals surface area contributed by atoms with Crippen molar-refractivity contribution >= 4 is 64.4 Å². The molecule has 5 aromatic rings. The number of amides is 1. The van der Waals surface area contributed by atoms with Crippen LogP contribution in [0.3, 0.4) is 0 Å². The number of rotatable bonds is 11. The molecule has 3 atom stereocenters. The molecule has 49 heavy (non-hydrogen) atoms. The molecule has 0 saturated carbocycles. The minimum atomic E-state index is -3.22. The Balaban J connectivity index is 1.58. The average molecular weight is 695 g/mol. The molecule has 0 bridgehead atoms. The Labute approximate surface area is 287 Å².